The molecule has 0 radical (unpaired) electrons. The third kappa shape index (κ3) is 3.94. The van der Waals surface area contributed by atoms with E-state index >= 15 is 0 Å². The fourth-order valence-corrected chi connectivity index (χ4v) is 3.66. The lowest BCUT2D eigenvalue weighted by Crippen LogP contribution is -2.31. The molecule has 0 N–H and O–H groups in total. The maximum Gasteiger partial charge on any atom is 0.242 e. The van der Waals surface area contributed by atoms with Crippen molar-refractivity contribution in [2.45, 2.75) is 31.6 Å². The van der Waals surface area contributed by atoms with Gasteiger partial charge in [0.15, 0.2) is 5.17 Å². The van der Waals surface area contributed by atoms with Crippen LogP contribution in [-0.2, 0) is 11.3 Å². The normalized spacial score (nSPS) is 19.7. The van der Waals surface area contributed by atoms with Gasteiger partial charge in [0.05, 0.1) is 24.3 Å². The minimum atomic E-state index is -0.0729. The van der Waals surface area contributed by atoms with Crippen LogP contribution in [0.5, 0.6) is 0 Å². The Balaban J connectivity index is 1.79. The summed E-state index contributed by atoms with van der Waals surface area (Å²) in [6.45, 7) is 2.60. The molecule has 1 aliphatic rings. The largest absolute Gasteiger partial charge is 0.463 e. The van der Waals surface area contributed by atoms with E-state index in [0.29, 0.717) is 17.5 Å². The van der Waals surface area contributed by atoms with Crippen LogP contribution in [-0.4, -0.2) is 27.4 Å². The number of carbonyl (C=O) groups excluding carboxylic acids is 1. The number of amides is 1. The highest BCUT2D eigenvalue weighted by Crippen LogP contribution is 2.31. The van der Waals surface area contributed by atoms with Crippen molar-refractivity contribution in [3.05, 3.63) is 60.1 Å². The number of benzene rings is 1. The fraction of sp³-hybridized carbons (Fsp3) is 0.278. The Bertz CT molecular complexity index is 726. The zero-order valence-corrected chi connectivity index (χ0v) is 14.3. The minimum Gasteiger partial charge on any atom is -0.463 e. The summed E-state index contributed by atoms with van der Waals surface area (Å²) in [4.78, 5) is 14.4. The van der Waals surface area contributed by atoms with Gasteiger partial charge >= 0.3 is 0 Å². The predicted octanol–water partition coefficient (Wildman–Crippen LogP) is 3.91. The molecule has 1 aliphatic heterocycles. The lowest BCUT2D eigenvalue weighted by atomic mass is 10.2. The second kappa shape index (κ2) is 7.97. The summed E-state index contributed by atoms with van der Waals surface area (Å²) < 4.78 is 5.20. The van der Waals surface area contributed by atoms with Crippen molar-refractivity contribution in [3.8, 4) is 0 Å². The van der Waals surface area contributed by atoms with Crippen LogP contribution in [0, 0.1) is 0 Å². The van der Waals surface area contributed by atoms with Crippen LogP contribution < -0.4 is 0 Å². The Kier molecular flexibility index (Phi) is 5.48. The Morgan fingerprint density at radius 2 is 2.08 bits per heavy atom. The number of furan rings is 1. The van der Waals surface area contributed by atoms with Crippen molar-refractivity contribution in [1.29, 1.82) is 0 Å². The SMILES string of the molecule is CCCC1SC(=NN=Cc2ccco2)N(Cc2ccccc2)C1=O. The molecular formula is C18H19N3O2S. The molecule has 124 valence electrons. The lowest BCUT2D eigenvalue weighted by molar-refractivity contribution is -0.126. The molecule has 0 spiro atoms. The predicted molar refractivity (Wildman–Crippen MR) is 97.0 cm³/mol. The van der Waals surface area contributed by atoms with Gasteiger partial charge in [-0.2, -0.15) is 5.10 Å². The van der Waals surface area contributed by atoms with Crippen LogP contribution in [0.3, 0.4) is 0 Å². The van der Waals surface area contributed by atoms with Crippen LogP contribution >= 0.6 is 11.8 Å². The first-order chi connectivity index (χ1) is 11.8. The summed E-state index contributed by atoms with van der Waals surface area (Å²) in [5.74, 6) is 0.742. The average molecular weight is 341 g/mol. The third-order valence-electron chi connectivity index (χ3n) is 3.63. The first-order valence-electron chi connectivity index (χ1n) is 7.94. The number of thioether (sulfide) groups is 1. The molecule has 0 saturated carbocycles. The number of carbonyl (C=O) groups is 1. The van der Waals surface area contributed by atoms with Crippen LogP contribution in [0.25, 0.3) is 0 Å². The summed E-state index contributed by atoms with van der Waals surface area (Å²) in [6, 6.07) is 13.5. The summed E-state index contributed by atoms with van der Waals surface area (Å²) in [7, 11) is 0. The number of rotatable bonds is 6. The Morgan fingerprint density at radius 1 is 1.25 bits per heavy atom. The maximum absolute atomic E-state index is 12.7. The highest BCUT2D eigenvalue weighted by Gasteiger charge is 2.37. The molecule has 2 heterocycles. The Morgan fingerprint density at radius 3 is 2.79 bits per heavy atom. The molecular weight excluding hydrogens is 322 g/mol. The van der Waals surface area contributed by atoms with E-state index in [4.69, 9.17) is 4.42 Å². The van der Waals surface area contributed by atoms with Gasteiger partial charge in [-0.15, -0.1) is 5.10 Å². The summed E-state index contributed by atoms with van der Waals surface area (Å²) in [5.41, 5.74) is 1.08. The van der Waals surface area contributed by atoms with Gasteiger partial charge in [0, 0.05) is 0 Å². The summed E-state index contributed by atoms with van der Waals surface area (Å²) >= 11 is 1.49. The van der Waals surface area contributed by atoms with Crippen molar-refractivity contribution in [3.63, 3.8) is 0 Å². The molecule has 1 aromatic heterocycles. The molecule has 1 amide bonds. The molecule has 0 bridgehead atoms. The molecule has 0 aliphatic carbocycles. The van der Waals surface area contributed by atoms with Crippen molar-refractivity contribution < 1.29 is 9.21 Å². The van der Waals surface area contributed by atoms with Crippen LogP contribution in [0.2, 0.25) is 0 Å². The van der Waals surface area contributed by atoms with Crippen molar-refractivity contribution in [2.75, 3.05) is 0 Å². The van der Waals surface area contributed by atoms with Crippen molar-refractivity contribution in [1.82, 2.24) is 4.90 Å². The first kappa shape index (κ1) is 16.5. The molecule has 1 atom stereocenters. The molecule has 1 aromatic carbocycles. The number of amidine groups is 1. The standard InChI is InChI=1S/C18H19N3O2S/c1-2-7-16-17(22)21(13-14-8-4-3-5-9-14)18(24-16)20-19-12-15-10-6-11-23-15/h3-6,8-12,16H,2,7,13H2,1H3. The molecule has 6 heteroatoms. The topological polar surface area (TPSA) is 58.2 Å². The molecule has 1 unspecified atom stereocenters. The van der Waals surface area contributed by atoms with E-state index in [-0.39, 0.29) is 11.2 Å². The lowest BCUT2D eigenvalue weighted by Gasteiger charge is -2.15. The van der Waals surface area contributed by atoms with Gasteiger partial charge in [-0.3, -0.25) is 9.69 Å². The molecule has 1 fully saturated rings. The summed E-state index contributed by atoms with van der Waals surface area (Å²) in [6.07, 6.45) is 4.94. The molecule has 5 nitrogen and oxygen atoms in total. The minimum absolute atomic E-state index is 0.0729. The Hall–Kier alpha value is -2.34. The quantitative estimate of drug-likeness (QED) is 0.591. The number of hydrogen-bond donors (Lipinski definition) is 0. The fourth-order valence-electron chi connectivity index (χ4n) is 2.44. The number of hydrogen-bond acceptors (Lipinski definition) is 5. The second-order valence-corrected chi connectivity index (χ2v) is 6.62. The van der Waals surface area contributed by atoms with Crippen molar-refractivity contribution >= 4 is 29.1 Å². The molecule has 1 saturated heterocycles. The van der Waals surface area contributed by atoms with E-state index in [1.165, 1.54) is 11.8 Å². The van der Waals surface area contributed by atoms with Gasteiger partial charge < -0.3 is 4.42 Å². The highest BCUT2D eigenvalue weighted by atomic mass is 32.2. The van der Waals surface area contributed by atoms with Gasteiger partial charge in [0.2, 0.25) is 5.91 Å². The van der Waals surface area contributed by atoms with Gasteiger partial charge in [-0.1, -0.05) is 55.4 Å². The van der Waals surface area contributed by atoms with E-state index in [1.807, 2.05) is 30.3 Å². The van der Waals surface area contributed by atoms with E-state index in [9.17, 15) is 4.79 Å². The third-order valence-corrected chi connectivity index (χ3v) is 4.86. The highest BCUT2D eigenvalue weighted by molar-refractivity contribution is 8.15. The van der Waals surface area contributed by atoms with E-state index in [1.54, 1.807) is 29.5 Å². The first-order valence-corrected chi connectivity index (χ1v) is 8.82. The zero-order valence-electron chi connectivity index (χ0n) is 13.5. The zero-order chi connectivity index (χ0) is 16.8. The second-order valence-electron chi connectivity index (χ2n) is 5.45. The van der Waals surface area contributed by atoms with Crippen LogP contribution in [0.15, 0.2) is 63.3 Å². The van der Waals surface area contributed by atoms with E-state index in [0.717, 1.165) is 18.4 Å². The van der Waals surface area contributed by atoms with Crippen LogP contribution in [0.1, 0.15) is 31.1 Å². The van der Waals surface area contributed by atoms with Gasteiger partial charge in [0.25, 0.3) is 0 Å². The monoisotopic (exact) mass is 341 g/mol. The molecule has 3 rings (SSSR count). The van der Waals surface area contributed by atoms with Gasteiger partial charge in [-0.05, 0) is 24.1 Å². The molecule has 24 heavy (non-hydrogen) atoms. The maximum atomic E-state index is 12.7. The van der Waals surface area contributed by atoms with E-state index in [2.05, 4.69) is 17.1 Å². The van der Waals surface area contributed by atoms with Crippen LogP contribution in [0.4, 0.5) is 0 Å². The summed E-state index contributed by atoms with van der Waals surface area (Å²) in [5, 5.41) is 8.89. The Labute approximate surface area is 145 Å². The van der Waals surface area contributed by atoms with Gasteiger partial charge in [0.1, 0.15) is 5.76 Å². The smallest absolute Gasteiger partial charge is 0.242 e. The van der Waals surface area contributed by atoms with E-state index < -0.39 is 0 Å². The van der Waals surface area contributed by atoms with Crippen molar-refractivity contribution in [2.24, 2.45) is 10.2 Å². The average Bonchev–Trinajstić information content (AvgIpc) is 3.21. The number of nitrogens with zero attached hydrogens (tertiary/aromatic N) is 3. The van der Waals surface area contributed by atoms with Gasteiger partial charge in [-0.25, -0.2) is 0 Å². The molecule has 2 aromatic rings.